The summed E-state index contributed by atoms with van der Waals surface area (Å²) >= 11 is 5.91. The maximum absolute atomic E-state index is 13.1. The number of unbranched alkanes of at least 4 members (excludes halogenated alkanes) is 1. The van der Waals surface area contributed by atoms with E-state index < -0.39 is 0 Å². The van der Waals surface area contributed by atoms with E-state index >= 15 is 0 Å². The highest BCUT2D eigenvalue weighted by Gasteiger charge is 2.34. The van der Waals surface area contributed by atoms with Gasteiger partial charge in [0.2, 0.25) is 5.91 Å². The van der Waals surface area contributed by atoms with Gasteiger partial charge in [0.25, 0.3) is 0 Å². The molecule has 0 spiro atoms. The molecule has 156 valence electrons. The average molecular weight is 417 g/mol. The van der Waals surface area contributed by atoms with Gasteiger partial charge < -0.3 is 19.7 Å². The van der Waals surface area contributed by atoms with Gasteiger partial charge in [0.1, 0.15) is 6.54 Å². The van der Waals surface area contributed by atoms with Crippen LogP contribution in [0.5, 0.6) is 0 Å². The van der Waals surface area contributed by atoms with E-state index in [0.717, 1.165) is 31.4 Å². The second kappa shape index (κ2) is 9.83. The number of amides is 3. The van der Waals surface area contributed by atoms with Crippen molar-refractivity contribution in [1.82, 2.24) is 14.4 Å². The summed E-state index contributed by atoms with van der Waals surface area (Å²) in [7, 11) is 1.98. The Morgan fingerprint density at radius 3 is 2.52 bits per heavy atom. The molecule has 1 N–H and O–H groups in total. The third-order valence-electron chi connectivity index (χ3n) is 5.18. The van der Waals surface area contributed by atoms with Crippen LogP contribution < -0.4 is 5.32 Å². The fraction of sp³-hybridized carbons (Fsp3) is 0.455. The smallest absolute Gasteiger partial charge is 0.322 e. The standard InChI is InChI=1S/C22H29ClN4O2/c1-3-4-14-26(22(29)24-18-9-7-17(23)8-10-18)16-21(28)27(19-11-12-19)15-20-6-5-13-25(20)2/h5-10,13,19H,3-4,11-12,14-16H2,1-2H3,(H,24,29). The van der Waals surface area contributed by atoms with Gasteiger partial charge in [-0.1, -0.05) is 24.9 Å². The summed E-state index contributed by atoms with van der Waals surface area (Å²) in [6.45, 7) is 3.28. The minimum absolute atomic E-state index is 0.00365. The summed E-state index contributed by atoms with van der Waals surface area (Å²) in [6, 6.07) is 11.0. The van der Waals surface area contributed by atoms with Crippen molar-refractivity contribution < 1.29 is 9.59 Å². The molecule has 0 bridgehead atoms. The number of carbonyl (C=O) groups excluding carboxylic acids is 2. The molecule has 1 aromatic carbocycles. The first-order valence-corrected chi connectivity index (χ1v) is 10.6. The van der Waals surface area contributed by atoms with Crippen LogP contribution in [0.15, 0.2) is 42.6 Å². The van der Waals surface area contributed by atoms with E-state index in [1.807, 2.05) is 34.8 Å². The SMILES string of the molecule is CCCCN(CC(=O)N(Cc1cccn1C)C1CC1)C(=O)Nc1ccc(Cl)cc1. The number of hydrogen-bond acceptors (Lipinski definition) is 2. The number of urea groups is 1. The Kier molecular flexibility index (Phi) is 7.20. The summed E-state index contributed by atoms with van der Waals surface area (Å²) in [4.78, 5) is 29.5. The molecular formula is C22H29ClN4O2. The van der Waals surface area contributed by atoms with Crippen molar-refractivity contribution in [3.05, 3.63) is 53.3 Å². The topological polar surface area (TPSA) is 57.6 Å². The Morgan fingerprint density at radius 1 is 1.21 bits per heavy atom. The lowest BCUT2D eigenvalue weighted by atomic mass is 10.3. The minimum atomic E-state index is -0.260. The van der Waals surface area contributed by atoms with Gasteiger partial charge in [-0.2, -0.15) is 0 Å². The molecule has 7 heteroatoms. The van der Waals surface area contributed by atoms with Crippen LogP contribution in [0.1, 0.15) is 38.3 Å². The van der Waals surface area contributed by atoms with Crippen molar-refractivity contribution in [2.75, 3.05) is 18.4 Å². The molecule has 1 heterocycles. The predicted octanol–water partition coefficient (Wildman–Crippen LogP) is 4.50. The van der Waals surface area contributed by atoms with Gasteiger partial charge in [0.15, 0.2) is 0 Å². The first-order valence-electron chi connectivity index (χ1n) is 10.2. The zero-order chi connectivity index (χ0) is 20.8. The fourth-order valence-electron chi connectivity index (χ4n) is 3.23. The number of anilines is 1. The molecule has 1 saturated carbocycles. The van der Waals surface area contributed by atoms with Crippen LogP contribution in [-0.2, 0) is 18.4 Å². The molecule has 0 unspecified atom stereocenters. The largest absolute Gasteiger partial charge is 0.353 e. The van der Waals surface area contributed by atoms with Crippen molar-refractivity contribution >= 4 is 29.2 Å². The zero-order valence-electron chi connectivity index (χ0n) is 17.1. The minimum Gasteiger partial charge on any atom is -0.353 e. The molecule has 1 aliphatic rings. The van der Waals surface area contributed by atoms with Crippen LogP contribution in [-0.4, -0.2) is 45.4 Å². The summed E-state index contributed by atoms with van der Waals surface area (Å²) in [5, 5.41) is 3.49. The van der Waals surface area contributed by atoms with Crippen LogP contribution in [0.25, 0.3) is 0 Å². The monoisotopic (exact) mass is 416 g/mol. The Morgan fingerprint density at radius 2 is 1.93 bits per heavy atom. The molecule has 0 aliphatic heterocycles. The number of aryl methyl sites for hydroxylation is 1. The van der Waals surface area contributed by atoms with Crippen molar-refractivity contribution in [1.29, 1.82) is 0 Å². The predicted molar refractivity (Wildman–Crippen MR) is 116 cm³/mol. The van der Waals surface area contributed by atoms with Crippen LogP contribution in [0.3, 0.4) is 0 Å². The summed E-state index contributed by atoms with van der Waals surface area (Å²) < 4.78 is 2.03. The Balaban J connectivity index is 1.67. The van der Waals surface area contributed by atoms with Crippen molar-refractivity contribution in [2.24, 2.45) is 7.05 Å². The molecular weight excluding hydrogens is 388 g/mol. The Hall–Kier alpha value is -2.47. The number of nitrogens with one attached hydrogen (secondary N) is 1. The van der Waals surface area contributed by atoms with Crippen LogP contribution in [0, 0.1) is 0 Å². The van der Waals surface area contributed by atoms with E-state index in [1.165, 1.54) is 0 Å². The van der Waals surface area contributed by atoms with Crippen molar-refractivity contribution in [2.45, 2.75) is 45.2 Å². The Labute approximate surface area is 177 Å². The third kappa shape index (κ3) is 6.00. The third-order valence-corrected chi connectivity index (χ3v) is 5.43. The number of halogens is 1. The molecule has 0 radical (unpaired) electrons. The molecule has 3 rings (SSSR count). The van der Waals surface area contributed by atoms with Crippen LogP contribution in [0.4, 0.5) is 10.5 Å². The number of nitrogens with zero attached hydrogens (tertiary/aromatic N) is 3. The Bertz CT molecular complexity index is 830. The lowest BCUT2D eigenvalue weighted by Gasteiger charge is -2.28. The van der Waals surface area contributed by atoms with E-state index in [-0.39, 0.29) is 24.5 Å². The second-order valence-electron chi connectivity index (χ2n) is 7.58. The van der Waals surface area contributed by atoms with Crippen molar-refractivity contribution in [3.63, 3.8) is 0 Å². The fourth-order valence-corrected chi connectivity index (χ4v) is 3.36. The molecule has 2 aromatic rings. The van der Waals surface area contributed by atoms with Gasteiger partial charge in [-0.3, -0.25) is 4.79 Å². The van der Waals surface area contributed by atoms with E-state index in [4.69, 9.17) is 11.6 Å². The molecule has 1 aromatic heterocycles. The number of hydrogen-bond donors (Lipinski definition) is 1. The molecule has 29 heavy (non-hydrogen) atoms. The quantitative estimate of drug-likeness (QED) is 0.654. The molecule has 0 saturated heterocycles. The molecule has 6 nitrogen and oxygen atoms in total. The summed E-state index contributed by atoms with van der Waals surface area (Å²) in [5.41, 5.74) is 1.76. The first-order chi connectivity index (χ1) is 14.0. The number of aromatic nitrogens is 1. The highest BCUT2D eigenvalue weighted by molar-refractivity contribution is 6.30. The highest BCUT2D eigenvalue weighted by Crippen LogP contribution is 2.28. The van der Waals surface area contributed by atoms with Gasteiger partial charge in [-0.15, -0.1) is 0 Å². The number of carbonyl (C=O) groups is 2. The zero-order valence-corrected chi connectivity index (χ0v) is 17.9. The lowest BCUT2D eigenvalue weighted by molar-refractivity contribution is -0.133. The van der Waals surface area contributed by atoms with Gasteiger partial charge in [-0.25, -0.2) is 4.79 Å². The van der Waals surface area contributed by atoms with Gasteiger partial charge in [-0.05, 0) is 55.7 Å². The van der Waals surface area contributed by atoms with Gasteiger partial charge >= 0.3 is 6.03 Å². The van der Waals surface area contributed by atoms with E-state index in [1.54, 1.807) is 29.2 Å². The molecule has 3 amide bonds. The summed E-state index contributed by atoms with van der Waals surface area (Å²) in [6.07, 6.45) is 5.85. The molecule has 1 aliphatic carbocycles. The maximum atomic E-state index is 13.1. The normalized spacial score (nSPS) is 13.2. The van der Waals surface area contributed by atoms with E-state index in [0.29, 0.717) is 23.8 Å². The highest BCUT2D eigenvalue weighted by atomic mass is 35.5. The summed E-state index contributed by atoms with van der Waals surface area (Å²) in [5.74, 6) is -0.00365. The van der Waals surface area contributed by atoms with Crippen LogP contribution >= 0.6 is 11.6 Å². The first kappa shape index (κ1) is 21.2. The maximum Gasteiger partial charge on any atom is 0.322 e. The van der Waals surface area contributed by atoms with E-state index in [2.05, 4.69) is 12.2 Å². The molecule has 1 fully saturated rings. The van der Waals surface area contributed by atoms with E-state index in [9.17, 15) is 9.59 Å². The van der Waals surface area contributed by atoms with Gasteiger partial charge in [0.05, 0.1) is 6.54 Å². The van der Waals surface area contributed by atoms with Gasteiger partial charge in [0, 0.05) is 42.2 Å². The lowest BCUT2D eigenvalue weighted by Crippen LogP contribution is -2.45. The number of rotatable bonds is 9. The number of benzene rings is 1. The average Bonchev–Trinajstić information content (AvgIpc) is 3.46. The van der Waals surface area contributed by atoms with Crippen molar-refractivity contribution in [3.8, 4) is 0 Å². The second-order valence-corrected chi connectivity index (χ2v) is 8.01. The van der Waals surface area contributed by atoms with Crippen LogP contribution in [0.2, 0.25) is 5.02 Å². The molecule has 0 atom stereocenters.